The summed E-state index contributed by atoms with van der Waals surface area (Å²) >= 11 is 3.12. The van der Waals surface area contributed by atoms with Gasteiger partial charge in [0.1, 0.15) is 5.75 Å². The van der Waals surface area contributed by atoms with Crippen LogP contribution in [0.3, 0.4) is 0 Å². The Morgan fingerprint density at radius 3 is 2.62 bits per heavy atom. The molecule has 0 saturated carbocycles. The van der Waals surface area contributed by atoms with Gasteiger partial charge in [0.15, 0.2) is 0 Å². The zero-order valence-electron chi connectivity index (χ0n) is 7.04. The van der Waals surface area contributed by atoms with Crippen molar-refractivity contribution in [2.75, 3.05) is 0 Å². The van der Waals surface area contributed by atoms with E-state index in [1.807, 2.05) is 0 Å². The first-order valence-corrected chi connectivity index (χ1v) is 4.60. The summed E-state index contributed by atoms with van der Waals surface area (Å²) in [6, 6.07) is 2.98. The molecule has 0 radical (unpaired) electrons. The van der Waals surface area contributed by atoms with E-state index in [0.717, 1.165) is 0 Å². The maximum atomic E-state index is 10.8. The summed E-state index contributed by atoms with van der Waals surface area (Å²) in [5.41, 5.74) is 0.616. The predicted octanol–water partition coefficient (Wildman–Crippen LogP) is 2.42. The van der Waals surface area contributed by atoms with Crippen molar-refractivity contribution in [1.82, 2.24) is 0 Å². The van der Waals surface area contributed by atoms with Crippen LogP contribution in [0.2, 0.25) is 0 Å². The van der Waals surface area contributed by atoms with Gasteiger partial charge in [-0.2, -0.15) is 0 Å². The van der Waals surface area contributed by atoms with Gasteiger partial charge in [0.2, 0.25) is 0 Å². The zero-order chi connectivity index (χ0) is 10.0. The second-order valence-electron chi connectivity index (χ2n) is 2.61. The minimum absolute atomic E-state index is 0.0225. The summed E-state index contributed by atoms with van der Waals surface area (Å²) in [5.74, 6) is -0.997. The number of aromatic hydroxyl groups is 1. The molecule has 0 bridgehead atoms. The monoisotopic (exact) mass is 244 g/mol. The van der Waals surface area contributed by atoms with Gasteiger partial charge >= 0.3 is 5.97 Å². The van der Waals surface area contributed by atoms with E-state index in [0.29, 0.717) is 16.5 Å². The third-order valence-corrected chi connectivity index (χ3v) is 2.23. The maximum absolute atomic E-state index is 10.8. The third kappa shape index (κ3) is 2.01. The van der Waals surface area contributed by atoms with Crippen molar-refractivity contribution in [1.29, 1.82) is 0 Å². The first-order chi connectivity index (χ1) is 6.06. The van der Waals surface area contributed by atoms with E-state index in [1.165, 1.54) is 12.1 Å². The lowest BCUT2D eigenvalue weighted by Crippen LogP contribution is -2.01. The fraction of sp³-hybridized carbons (Fsp3) is 0.222. The normalized spacial score (nSPS) is 10.0. The summed E-state index contributed by atoms with van der Waals surface area (Å²) in [6.07, 6.45) is 0.501. The van der Waals surface area contributed by atoms with E-state index in [4.69, 9.17) is 5.11 Å². The Labute approximate surface area is 84.1 Å². The molecule has 0 spiro atoms. The predicted molar refractivity (Wildman–Crippen MR) is 52.1 cm³/mol. The minimum atomic E-state index is -1.02. The average molecular weight is 245 g/mol. The van der Waals surface area contributed by atoms with Crippen LogP contribution in [0.25, 0.3) is 0 Å². The molecule has 13 heavy (non-hydrogen) atoms. The van der Waals surface area contributed by atoms with Gasteiger partial charge in [-0.25, -0.2) is 4.79 Å². The Hall–Kier alpha value is -1.03. The summed E-state index contributed by atoms with van der Waals surface area (Å²) < 4.78 is 0.569. The van der Waals surface area contributed by atoms with Crippen LogP contribution in [0.15, 0.2) is 16.6 Å². The topological polar surface area (TPSA) is 57.5 Å². The molecular formula is C9H9BrO3. The lowest BCUT2D eigenvalue weighted by molar-refractivity contribution is 0.0695. The second-order valence-corrected chi connectivity index (χ2v) is 3.53. The van der Waals surface area contributed by atoms with Gasteiger partial charge in [-0.1, -0.05) is 22.9 Å². The van der Waals surface area contributed by atoms with Gasteiger partial charge in [0.25, 0.3) is 0 Å². The van der Waals surface area contributed by atoms with Gasteiger partial charge in [0.05, 0.1) is 5.56 Å². The summed E-state index contributed by atoms with van der Waals surface area (Å²) in [6.45, 7) is 1.80. The number of aromatic carboxylic acids is 1. The van der Waals surface area contributed by atoms with Gasteiger partial charge < -0.3 is 10.2 Å². The molecular weight excluding hydrogens is 236 g/mol. The molecule has 1 aromatic rings. The molecule has 1 rings (SSSR count). The van der Waals surface area contributed by atoms with Crippen LogP contribution in [-0.2, 0) is 6.42 Å². The smallest absolute Gasteiger partial charge is 0.336 e. The number of carboxylic acid groups (broad SMARTS) is 1. The largest absolute Gasteiger partial charge is 0.508 e. The first-order valence-electron chi connectivity index (χ1n) is 3.81. The lowest BCUT2D eigenvalue weighted by Gasteiger charge is -2.06. The molecule has 0 unspecified atom stereocenters. The third-order valence-electron chi connectivity index (χ3n) is 1.78. The highest BCUT2D eigenvalue weighted by Crippen LogP contribution is 2.27. The van der Waals surface area contributed by atoms with Gasteiger partial charge in [-0.15, -0.1) is 0 Å². The number of hydrogen-bond donors (Lipinski definition) is 2. The fourth-order valence-corrected chi connectivity index (χ4v) is 1.63. The van der Waals surface area contributed by atoms with Crippen molar-refractivity contribution in [3.63, 3.8) is 0 Å². The van der Waals surface area contributed by atoms with Crippen molar-refractivity contribution in [3.8, 4) is 5.75 Å². The molecule has 0 aliphatic rings. The molecule has 2 N–H and O–H groups in total. The molecule has 1 aromatic carbocycles. The van der Waals surface area contributed by atoms with Crippen molar-refractivity contribution in [2.24, 2.45) is 0 Å². The van der Waals surface area contributed by atoms with E-state index in [9.17, 15) is 9.90 Å². The molecule has 0 atom stereocenters. The number of benzene rings is 1. The van der Waals surface area contributed by atoms with Crippen LogP contribution < -0.4 is 0 Å². The quantitative estimate of drug-likeness (QED) is 0.841. The number of halogens is 1. The highest BCUT2D eigenvalue weighted by atomic mass is 79.9. The Bertz CT molecular complexity index is 347. The number of carboxylic acids is 1. The Morgan fingerprint density at radius 2 is 2.15 bits per heavy atom. The number of carbonyl (C=O) groups is 1. The lowest BCUT2D eigenvalue weighted by atomic mass is 10.0. The Morgan fingerprint density at radius 1 is 1.54 bits per heavy atom. The molecule has 0 saturated heterocycles. The van der Waals surface area contributed by atoms with E-state index in [2.05, 4.69) is 15.9 Å². The van der Waals surface area contributed by atoms with E-state index in [-0.39, 0.29) is 11.3 Å². The molecule has 0 aliphatic carbocycles. The highest BCUT2D eigenvalue weighted by Gasteiger charge is 2.13. The molecule has 4 heteroatoms. The van der Waals surface area contributed by atoms with E-state index < -0.39 is 5.97 Å². The summed E-state index contributed by atoms with van der Waals surface area (Å²) in [4.78, 5) is 10.8. The van der Waals surface area contributed by atoms with E-state index >= 15 is 0 Å². The molecule has 0 aliphatic heterocycles. The van der Waals surface area contributed by atoms with Crippen molar-refractivity contribution < 1.29 is 15.0 Å². The molecule has 3 nitrogen and oxygen atoms in total. The second kappa shape index (κ2) is 3.79. The van der Waals surface area contributed by atoms with Crippen LogP contribution in [0.4, 0.5) is 0 Å². The minimum Gasteiger partial charge on any atom is -0.508 e. The van der Waals surface area contributed by atoms with Crippen LogP contribution in [0, 0.1) is 0 Å². The molecule has 70 valence electrons. The number of hydrogen-bond acceptors (Lipinski definition) is 2. The van der Waals surface area contributed by atoms with Crippen LogP contribution in [0.1, 0.15) is 22.8 Å². The average Bonchev–Trinajstić information content (AvgIpc) is 2.02. The van der Waals surface area contributed by atoms with Crippen molar-refractivity contribution >= 4 is 21.9 Å². The summed E-state index contributed by atoms with van der Waals surface area (Å²) in [7, 11) is 0. The Balaban J connectivity index is 3.38. The van der Waals surface area contributed by atoms with Crippen LogP contribution >= 0.6 is 15.9 Å². The number of phenols is 1. The Kier molecular flexibility index (Phi) is 2.93. The van der Waals surface area contributed by atoms with Gasteiger partial charge in [0, 0.05) is 10.0 Å². The van der Waals surface area contributed by atoms with Crippen LogP contribution in [-0.4, -0.2) is 16.2 Å². The van der Waals surface area contributed by atoms with E-state index in [1.54, 1.807) is 6.92 Å². The summed E-state index contributed by atoms with van der Waals surface area (Å²) in [5, 5.41) is 18.2. The SMILES string of the molecule is CCc1c(O)cc(Br)cc1C(=O)O. The first kappa shape index (κ1) is 10.1. The molecule has 0 heterocycles. The molecule has 0 fully saturated rings. The van der Waals surface area contributed by atoms with Gasteiger partial charge in [-0.05, 0) is 18.6 Å². The van der Waals surface area contributed by atoms with Gasteiger partial charge in [-0.3, -0.25) is 0 Å². The van der Waals surface area contributed by atoms with Crippen molar-refractivity contribution in [2.45, 2.75) is 13.3 Å². The highest BCUT2D eigenvalue weighted by molar-refractivity contribution is 9.10. The number of phenolic OH excluding ortho intramolecular Hbond substituents is 1. The molecule has 0 aromatic heterocycles. The molecule has 0 amide bonds. The maximum Gasteiger partial charge on any atom is 0.336 e. The zero-order valence-corrected chi connectivity index (χ0v) is 8.63. The number of rotatable bonds is 2. The van der Waals surface area contributed by atoms with Crippen LogP contribution in [0.5, 0.6) is 5.75 Å². The fourth-order valence-electron chi connectivity index (χ4n) is 1.18. The van der Waals surface area contributed by atoms with Crippen molar-refractivity contribution in [3.05, 3.63) is 27.7 Å². The standard InChI is InChI=1S/C9H9BrO3/c1-2-6-7(9(12)13)3-5(10)4-8(6)11/h3-4,11H,2H2,1H3,(H,12,13).